The van der Waals surface area contributed by atoms with Crippen LogP contribution < -0.4 is 0 Å². The van der Waals surface area contributed by atoms with Crippen molar-refractivity contribution in [1.82, 2.24) is 24.5 Å². The lowest BCUT2D eigenvalue weighted by atomic mass is 9.87. The molecule has 0 radical (unpaired) electrons. The molecule has 0 saturated carbocycles. The molecule has 0 unspecified atom stereocenters. The van der Waals surface area contributed by atoms with Gasteiger partial charge in [0, 0.05) is 27.5 Å². The number of fused-ring (bicyclic) bond motifs is 4. The summed E-state index contributed by atoms with van der Waals surface area (Å²) in [6.45, 7) is 6.67. The van der Waals surface area contributed by atoms with Crippen LogP contribution in [0.25, 0.3) is 71.3 Å². The van der Waals surface area contributed by atoms with Gasteiger partial charge in [-0.1, -0.05) is 112 Å². The van der Waals surface area contributed by atoms with E-state index in [1.165, 1.54) is 16.3 Å². The molecule has 3 aromatic heterocycles. The van der Waals surface area contributed by atoms with Gasteiger partial charge in [-0.25, -0.2) is 9.97 Å². The monoisotopic (exact) mass is 587 g/mol. The molecular weight excluding hydrogens is 559 g/mol. The molecule has 0 aliphatic rings. The highest BCUT2D eigenvalue weighted by molar-refractivity contribution is 7.21. The van der Waals surface area contributed by atoms with Crippen molar-refractivity contribution in [2.45, 2.75) is 26.2 Å². The maximum Gasteiger partial charge on any atom is 0.238 e. The first kappa shape index (κ1) is 26.4. The van der Waals surface area contributed by atoms with Crippen LogP contribution in [0.15, 0.2) is 121 Å². The van der Waals surface area contributed by atoms with Crippen LogP contribution in [0.5, 0.6) is 0 Å². The van der Waals surface area contributed by atoms with Gasteiger partial charge in [0.1, 0.15) is 5.01 Å². The molecule has 0 amide bonds. The maximum atomic E-state index is 5.13. The lowest BCUT2D eigenvalue weighted by Crippen LogP contribution is -2.10. The largest absolute Gasteiger partial charge is 0.278 e. The van der Waals surface area contributed by atoms with Crippen molar-refractivity contribution in [3.63, 3.8) is 0 Å². The average Bonchev–Trinajstić information content (AvgIpc) is 3.64. The zero-order valence-corrected chi connectivity index (χ0v) is 25.5. The zero-order chi connectivity index (χ0) is 29.8. The number of thiazole rings is 1. The molecule has 3 heterocycles. The quantitative estimate of drug-likeness (QED) is 0.206. The Morgan fingerprint density at radius 1 is 0.545 bits per heavy atom. The maximum absolute atomic E-state index is 5.13. The molecule has 0 bridgehead atoms. The highest BCUT2D eigenvalue weighted by Crippen LogP contribution is 2.35. The minimum atomic E-state index is 0.0552. The summed E-state index contributed by atoms with van der Waals surface area (Å²) >= 11 is 1.68. The Hall–Kier alpha value is -5.20. The SMILES string of the molecule is CC(C)(C)c1ccc(-c2nc(-c3ccc4nc(-c5ccccc5)sc4c3)nc(-n3c4ccccc4c4ccccc43)n2)cc1. The molecule has 0 saturated heterocycles. The Bertz CT molecular complexity index is 2260. The molecular formula is C38H29N5S. The normalized spacial score (nSPS) is 12.0. The summed E-state index contributed by atoms with van der Waals surface area (Å²) in [6.07, 6.45) is 0. The van der Waals surface area contributed by atoms with Crippen LogP contribution in [0.1, 0.15) is 26.3 Å². The molecule has 0 spiro atoms. The molecule has 212 valence electrons. The zero-order valence-electron chi connectivity index (χ0n) is 24.7. The van der Waals surface area contributed by atoms with Crippen molar-refractivity contribution in [3.8, 4) is 39.3 Å². The predicted molar refractivity (Wildman–Crippen MR) is 182 cm³/mol. The first-order valence-electron chi connectivity index (χ1n) is 14.7. The number of nitrogens with zero attached hydrogens (tertiary/aromatic N) is 5. The highest BCUT2D eigenvalue weighted by atomic mass is 32.1. The van der Waals surface area contributed by atoms with Crippen LogP contribution in [0.2, 0.25) is 0 Å². The number of hydrogen-bond acceptors (Lipinski definition) is 5. The van der Waals surface area contributed by atoms with Gasteiger partial charge < -0.3 is 0 Å². The summed E-state index contributed by atoms with van der Waals surface area (Å²) < 4.78 is 3.25. The summed E-state index contributed by atoms with van der Waals surface area (Å²) in [7, 11) is 0. The lowest BCUT2D eigenvalue weighted by Gasteiger charge is -2.19. The van der Waals surface area contributed by atoms with E-state index >= 15 is 0 Å². The smallest absolute Gasteiger partial charge is 0.238 e. The Morgan fingerprint density at radius 2 is 1.14 bits per heavy atom. The molecule has 0 aliphatic heterocycles. The third-order valence-corrected chi connectivity index (χ3v) is 9.15. The molecule has 0 fully saturated rings. The minimum absolute atomic E-state index is 0.0552. The number of aromatic nitrogens is 5. The Kier molecular flexibility index (Phi) is 6.13. The van der Waals surface area contributed by atoms with Crippen LogP contribution in [0.3, 0.4) is 0 Å². The van der Waals surface area contributed by atoms with E-state index in [0.717, 1.165) is 42.9 Å². The first-order valence-corrected chi connectivity index (χ1v) is 15.6. The average molecular weight is 588 g/mol. The molecule has 5 aromatic carbocycles. The van der Waals surface area contributed by atoms with E-state index in [4.69, 9.17) is 19.9 Å². The van der Waals surface area contributed by atoms with Crippen molar-refractivity contribution in [2.75, 3.05) is 0 Å². The summed E-state index contributed by atoms with van der Waals surface area (Å²) in [5.74, 6) is 1.86. The molecule has 8 rings (SSSR count). The van der Waals surface area contributed by atoms with E-state index in [-0.39, 0.29) is 5.41 Å². The summed E-state index contributed by atoms with van der Waals surface area (Å²) in [6, 6.07) is 42.0. The number of benzene rings is 5. The number of para-hydroxylation sites is 2. The van der Waals surface area contributed by atoms with Gasteiger partial charge in [-0.2, -0.15) is 9.97 Å². The molecule has 6 heteroatoms. The van der Waals surface area contributed by atoms with Gasteiger partial charge in [-0.15, -0.1) is 11.3 Å². The summed E-state index contributed by atoms with van der Waals surface area (Å²) in [5, 5.41) is 3.33. The van der Waals surface area contributed by atoms with Crippen LogP contribution in [0, 0.1) is 0 Å². The predicted octanol–water partition coefficient (Wildman–Crippen LogP) is 9.88. The van der Waals surface area contributed by atoms with E-state index in [1.54, 1.807) is 11.3 Å². The molecule has 8 aromatic rings. The van der Waals surface area contributed by atoms with Crippen LogP contribution in [0.4, 0.5) is 0 Å². The van der Waals surface area contributed by atoms with Crippen molar-refractivity contribution in [2.24, 2.45) is 0 Å². The standard InChI is InChI=1S/C38H29N5S/c1-38(2,3)27-20-17-24(18-21-27)34-40-35(26-19-22-30-33(23-26)44-36(39-30)25-11-5-4-6-12-25)42-37(41-34)43-31-15-9-7-13-28(31)29-14-8-10-16-32(29)43/h4-23H,1-3H3. The van der Waals surface area contributed by atoms with Gasteiger partial charge in [0.25, 0.3) is 0 Å². The van der Waals surface area contributed by atoms with Crippen LogP contribution in [-0.4, -0.2) is 24.5 Å². The van der Waals surface area contributed by atoms with E-state index in [0.29, 0.717) is 17.6 Å². The highest BCUT2D eigenvalue weighted by Gasteiger charge is 2.19. The fourth-order valence-electron chi connectivity index (χ4n) is 5.75. The van der Waals surface area contributed by atoms with E-state index < -0.39 is 0 Å². The lowest BCUT2D eigenvalue weighted by molar-refractivity contribution is 0.590. The second-order valence-corrected chi connectivity index (χ2v) is 13.1. The Morgan fingerprint density at radius 3 is 1.80 bits per heavy atom. The fourth-order valence-corrected chi connectivity index (χ4v) is 6.76. The van der Waals surface area contributed by atoms with E-state index in [9.17, 15) is 0 Å². The van der Waals surface area contributed by atoms with Gasteiger partial charge >= 0.3 is 0 Å². The van der Waals surface area contributed by atoms with Crippen LogP contribution in [-0.2, 0) is 5.41 Å². The Labute approximate surface area is 259 Å². The first-order chi connectivity index (χ1) is 21.4. The van der Waals surface area contributed by atoms with Gasteiger partial charge in [0.15, 0.2) is 11.6 Å². The molecule has 5 nitrogen and oxygen atoms in total. The van der Waals surface area contributed by atoms with Gasteiger partial charge in [0.2, 0.25) is 5.95 Å². The summed E-state index contributed by atoms with van der Waals surface area (Å²) in [4.78, 5) is 20.2. The van der Waals surface area contributed by atoms with Gasteiger partial charge in [-0.05, 0) is 41.3 Å². The van der Waals surface area contributed by atoms with Gasteiger partial charge in [-0.3, -0.25) is 4.57 Å². The third kappa shape index (κ3) is 4.55. The molecule has 0 N–H and O–H groups in total. The van der Waals surface area contributed by atoms with E-state index in [2.05, 4.69) is 128 Å². The topological polar surface area (TPSA) is 56.5 Å². The number of rotatable bonds is 4. The van der Waals surface area contributed by atoms with Crippen molar-refractivity contribution in [3.05, 3.63) is 127 Å². The molecule has 0 atom stereocenters. The number of hydrogen-bond donors (Lipinski definition) is 0. The minimum Gasteiger partial charge on any atom is -0.278 e. The van der Waals surface area contributed by atoms with Crippen molar-refractivity contribution in [1.29, 1.82) is 0 Å². The second-order valence-electron chi connectivity index (χ2n) is 12.0. The third-order valence-electron chi connectivity index (χ3n) is 8.08. The Balaban J connectivity index is 1.34. The molecule has 44 heavy (non-hydrogen) atoms. The molecule has 0 aliphatic carbocycles. The van der Waals surface area contributed by atoms with Crippen molar-refractivity contribution < 1.29 is 0 Å². The van der Waals surface area contributed by atoms with Crippen molar-refractivity contribution >= 4 is 43.4 Å². The second kappa shape index (κ2) is 10.2. The summed E-state index contributed by atoms with van der Waals surface area (Å²) in [5.41, 5.74) is 7.40. The van der Waals surface area contributed by atoms with Crippen LogP contribution >= 0.6 is 11.3 Å². The van der Waals surface area contributed by atoms with E-state index in [1.807, 2.05) is 18.2 Å². The fraction of sp³-hybridized carbons (Fsp3) is 0.105. The van der Waals surface area contributed by atoms with Gasteiger partial charge in [0.05, 0.1) is 21.3 Å².